The van der Waals surface area contributed by atoms with Gasteiger partial charge in [0.1, 0.15) is 11.6 Å². The Hall–Kier alpha value is -3.66. The molecule has 0 fully saturated rings. The highest BCUT2D eigenvalue weighted by atomic mass is 32.2. The molecule has 29 heavy (non-hydrogen) atoms. The predicted octanol–water partition coefficient (Wildman–Crippen LogP) is 2.62. The third-order valence-electron chi connectivity index (χ3n) is 3.76. The number of nitrogens with one attached hydrogen (secondary N) is 2. The standard InChI is InChI=1S/C19H19N5O4S/c1-29(27,28)11-14-10-17(20)24-18(21-14)12-6-8-13(9-7-12)22-19(26)23-15-4-2-3-5-16(15)25/h2-10,25H,11H2,1H3,(H2,20,21,24)(H2,22,23,26). The molecule has 5 N–H and O–H groups in total. The van der Waals surface area contributed by atoms with Crippen molar-refractivity contribution in [3.63, 3.8) is 0 Å². The van der Waals surface area contributed by atoms with Gasteiger partial charge in [0.2, 0.25) is 0 Å². The van der Waals surface area contributed by atoms with Gasteiger partial charge < -0.3 is 21.5 Å². The van der Waals surface area contributed by atoms with E-state index in [4.69, 9.17) is 5.73 Å². The van der Waals surface area contributed by atoms with Crippen LogP contribution in [-0.2, 0) is 15.6 Å². The van der Waals surface area contributed by atoms with E-state index in [2.05, 4.69) is 20.6 Å². The quantitative estimate of drug-likeness (QED) is 0.470. The number of aromatic hydroxyl groups is 1. The van der Waals surface area contributed by atoms with E-state index in [-0.39, 0.29) is 28.8 Å². The van der Waals surface area contributed by atoms with Crippen LogP contribution < -0.4 is 16.4 Å². The fourth-order valence-corrected chi connectivity index (χ4v) is 3.24. The second-order valence-electron chi connectivity index (χ2n) is 6.35. The molecule has 0 saturated carbocycles. The van der Waals surface area contributed by atoms with Crippen molar-refractivity contribution in [2.75, 3.05) is 22.6 Å². The van der Waals surface area contributed by atoms with Crippen molar-refractivity contribution >= 4 is 33.1 Å². The number of carbonyl (C=O) groups excluding carboxylic acids is 1. The number of benzene rings is 2. The summed E-state index contributed by atoms with van der Waals surface area (Å²) in [5, 5.41) is 14.9. The maximum Gasteiger partial charge on any atom is 0.323 e. The van der Waals surface area contributed by atoms with Crippen molar-refractivity contribution in [2.24, 2.45) is 0 Å². The van der Waals surface area contributed by atoms with E-state index in [1.54, 1.807) is 42.5 Å². The maximum atomic E-state index is 12.1. The van der Waals surface area contributed by atoms with E-state index in [1.165, 1.54) is 12.1 Å². The fourth-order valence-electron chi connectivity index (χ4n) is 2.56. The number of para-hydroxylation sites is 2. The number of nitrogen functional groups attached to an aromatic ring is 1. The van der Waals surface area contributed by atoms with Crippen LogP contribution in [0.5, 0.6) is 5.75 Å². The number of aromatic nitrogens is 2. The number of urea groups is 1. The van der Waals surface area contributed by atoms with Gasteiger partial charge in [0.15, 0.2) is 15.7 Å². The first-order valence-electron chi connectivity index (χ1n) is 8.47. The minimum Gasteiger partial charge on any atom is -0.506 e. The molecule has 9 nitrogen and oxygen atoms in total. The topological polar surface area (TPSA) is 147 Å². The number of rotatable bonds is 5. The lowest BCUT2D eigenvalue weighted by molar-refractivity contribution is 0.262. The number of sulfone groups is 1. The Morgan fingerprint density at radius 3 is 2.41 bits per heavy atom. The number of anilines is 3. The summed E-state index contributed by atoms with van der Waals surface area (Å²) in [5.41, 5.74) is 7.47. The number of hydrogen-bond acceptors (Lipinski definition) is 7. The second-order valence-corrected chi connectivity index (χ2v) is 8.49. The minimum absolute atomic E-state index is 0.0401. The van der Waals surface area contributed by atoms with E-state index < -0.39 is 15.9 Å². The van der Waals surface area contributed by atoms with Crippen LogP contribution in [0.2, 0.25) is 0 Å². The number of phenols is 1. The van der Waals surface area contributed by atoms with Crippen LogP contribution in [0.1, 0.15) is 5.69 Å². The molecule has 0 atom stereocenters. The highest BCUT2D eigenvalue weighted by Gasteiger charge is 2.11. The first-order chi connectivity index (χ1) is 13.7. The van der Waals surface area contributed by atoms with Gasteiger partial charge >= 0.3 is 6.03 Å². The first-order valence-corrected chi connectivity index (χ1v) is 10.5. The van der Waals surface area contributed by atoms with Crippen molar-refractivity contribution in [3.05, 3.63) is 60.3 Å². The number of phenolic OH excluding ortho intramolecular Hbond substituents is 1. The van der Waals surface area contributed by atoms with Gasteiger partial charge in [-0.15, -0.1) is 0 Å². The molecule has 3 rings (SSSR count). The minimum atomic E-state index is -3.26. The summed E-state index contributed by atoms with van der Waals surface area (Å²) in [7, 11) is -3.26. The molecule has 0 bridgehead atoms. The molecule has 2 aromatic carbocycles. The zero-order valence-corrected chi connectivity index (χ0v) is 16.3. The van der Waals surface area contributed by atoms with E-state index >= 15 is 0 Å². The Labute approximate surface area is 167 Å². The van der Waals surface area contributed by atoms with Crippen molar-refractivity contribution in [2.45, 2.75) is 5.75 Å². The van der Waals surface area contributed by atoms with Crippen molar-refractivity contribution in [1.29, 1.82) is 0 Å². The Balaban J connectivity index is 1.73. The molecule has 0 aliphatic rings. The van der Waals surface area contributed by atoms with Crippen molar-refractivity contribution in [3.8, 4) is 17.1 Å². The molecule has 0 aliphatic heterocycles. The molecular weight excluding hydrogens is 394 g/mol. The Kier molecular flexibility index (Phi) is 5.64. The number of nitrogens with zero attached hydrogens (tertiary/aromatic N) is 2. The molecule has 1 aromatic heterocycles. The van der Waals surface area contributed by atoms with Gasteiger partial charge in [0.05, 0.1) is 17.1 Å². The van der Waals surface area contributed by atoms with E-state index in [0.29, 0.717) is 16.9 Å². The predicted molar refractivity (Wildman–Crippen MR) is 111 cm³/mol. The van der Waals surface area contributed by atoms with E-state index in [9.17, 15) is 18.3 Å². The lowest BCUT2D eigenvalue weighted by Crippen LogP contribution is -2.19. The van der Waals surface area contributed by atoms with Gasteiger partial charge in [-0.1, -0.05) is 12.1 Å². The first kappa shape index (κ1) is 20.1. The lowest BCUT2D eigenvalue weighted by atomic mass is 10.2. The van der Waals surface area contributed by atoms with Crippen LogP contribution in [0, 0.1) is 0 Å². The molecule has 0 radical (unpaired) electrons. The molecule has 3 aromatic rings. The molecule has 10 heteroatoms. The average Bonchev–Trinajstić information content (AvgIpc) is 2.62. The van der Waals surface area contributed by atoms with Gasteiger partial charge in [0, 0.05) is 23.6 Å². The largest absolute Gasteiger partial charge is 0.506 e. The van der Waals surface area contributed by atoms with Crippen LogP contribution >= 0.6 is 0 Å². The zero-order valence-electron chi connectivity index (χ0n) is 15.5. The third kappa shape index (κ3) is 5.66. The summed E-state index contributed by atoms with van der Waals surface area (Å²) >= 11 is 0. The average molecular weight is 413 g/mol. The molecule has 0 unspecified atom stereocenters. The Morgan fingerprint density at radius 2 is 1.76 bits per heavy atom. The van der Waals surface area contributed by atoms with Crippen molar-refractivity contribution < 1.29 is 18.3 Å². The lowest BCUT2D eigenvalue weighted by Gasteiger charge is -2.10. The second kappa shape index (κ2) is 8.15. The number of amides is 2. The fraction of sp³-hybridized carbons (Fsp3) is 0.105. The van der Waals surface area contributed by atoms with Gasteiger partial charge in [-0.05, 0) is 36.4 Å². The monoisotopic (exact) mass is 413 g/mol. The van der Waals surface area contributed by atoms with Crippen LogP contribution in [0.4, 0.5) is 22.0 Å². The molecule has 0 saturated heterocycles. The Bertz CT molecular complexity index is 1150. The van der Waals surface area contributed by atoms with E-state index in [0.717, 1.165) is 6.26 Å². The van der Waals surface area contributed by atoms with Gasteiger partial charge in [-0.2, -0.15) is 0 Å². The van der Waals surface area contributed by atoms with E-state index in [1.807, 2.05) is 0 Å². The number of hydrogen-bond donors (Lipinski definition) is 4. The van der Waals surface area contributed by atoms with Crippen molar-refractivity contribution in [1.82, 2.24) is 9.97 Å². The molecule has 150 valence electrons. The molecule has 0 aliphatic carbocycles. The Morgan fingerprint density at radius 1 is 1.07 bits per heavy atom. The third-order valence-corrected chi connectivity index (χ3v) is 4.58. The zero-order chi connectivity index (χ0) is 21.0. The molecular formula is C19H19N5O4S. The normalized spacial score (nSPS) is 11.1. The molecule has 1 heterocycles. The summed E-state index contributed by atoms with van der Waals surface area (Å²) in [4.78, 5) is 20.5. The van der Waals surface area contributed by atoms with Gasteiger partial charge in [-0.3, -0.25) is 0 Å². The van der Waals surface area contributed by atoms with Gasteiger partial charge in [0.25, 0.3) is 0 Å². The highest BCUT2D eigenvalue weighted by molar-refractivity contribution is 7.89. The van der Waals surface area contributed by atoms with Crippen LogP contribution in [-0.4, -0.2) is 35.8 Å². The smallest absolute Gasteiger partial charge is 0.323 e. The van der Waals surface area contributed by atoms with Crippen LogP contribution in [0.3, 0.4) is 0 Å². The summed E-state index contributed by atoms with van der Waals surface area (Å²) in [6.07, 6.45) is 1.12. The molecule has 0 spiro atoms. The summed E-state index contributed by atoms with van der Waals surface area (Å²) in [6.45, 7) is 0. The SMILES string of the molecule is CS(=O)(=O)Cc1cc(N)nc(-c2ccc(NC(=O)Nc3ccccc3O)cc2)n1. The summed E-state index contributed by atoms with van der Waals surface area (Å²) < 4.78 is 23.0. The highest BCUT2D eigenvalue weighted by Crippen LogP contribution is 2.23. The maximum absolute atomic E-state index is 12.1. The summed E-state index contributed by atoms with van der Waals surface area (Å²) in [5.74, 6) is 0.173. The summed E-state index contributed by atoms with van der Waals surface area (Å²) in [6, 6.07) is 13.9. The van der Waals surface area contributed by atoms with Crippen LogP contribution in [0.15, 0.2) is 54.6 Å². The van der Waals surface area contributed by atoms with Crippen LogP contribution in [0.25, 0.3) is 11.4 Å². The van der Waals surface area contributed by atoms with Gasteiger partial charge in [-0.25, -0.2) is 23.2 Å². The number of carbonyl (C=O) groups is 1. The molecule has 2 amide bonds. The number of nitrogens with two attached hydrogens (primary N) is 1.